The first kappa shape index (κ1) is 14.6. The van der Waals surface area contributed by atoms with Gasteiger partial charge in [-0.3, -0.25) is 14.6 Å². The third kappa shape index (κ3) is 2.08. The molecule has 0 radical (unpaired) electrons. The Morgan fingerprint density at radius 1 is 1.19 bits per heavy atom. The first-order chi connectivity index (χ1) is 12.6. The lowest BCUT2D eigenvalue weighted by molar-refractivity contribution is 0.543. The molecule has 0 spiro atoms. The summed E-state index contributed by atoms with van der Waals surface area (Å²) in [5, 5.41) is 8.15. The van der Waals surface area contributed by atoms with E-state index in [0.29, 0.717) is 28.6 Å². The summed E-state index contributed by atoms with van der Waals surface area (Å²) in [4.78, 5) is 21.4. The van der Waals surface area contributed by atoms with Gasteiger partial charge < -0.3 is 4.42 Å². The summed E-state index contributed by atoms with van der Waals surface area (Å²) in [5.74, 6) is 1.12. The molecule has 128 valence electrons. The third-order valence-corrected chi connectivity index (χ3v) is 4.39. The molecule has 8 heteroatoms. The highest BCUT2D eigenvalue weighted by atomic mass is 16.4. The second-order valence-electron chi connectivity index (χ2n) is 6.14. The maximum absolute atomic E-state index is 12.5. The smallest absolute Gasteiger partial charge is 0.273 e. The van der Waals surface area contributed by atoms with Crippen LogP contribution in [0.3, 0.4) is 0 Å². The first-order valence-corrected chi connectivity index (χ1v) is 8.06. The Morgan fingerprint density at radius 3 is 2.88 bits per heavy atom. The SMILES string of the molecule is Cc1cnc(-c2c[nH]n3c(=O)cc(-c4ccc5c(cnn5C)c4)nc23)o1. The Labute approximate surface area is 146 Å². The van der Waals surface area contributed by atoms with Gasteiger partial charge in [-0.05, 0) is 19.1 Å². The van der Waals surface area contributed by atoms with Gasteiger partial charge >= 0.3 is 0 Å². The second kappa shape index (κ2) is 5.16. The van der Waals surface area contributed by atoms with Crippen LogP contribution in [-0.4, -0.2) is 29.4 Å². The molecule has 1 aromatic carbocycles. The molecule has 1 N–H and O–H groups in total. The fourth-order valence-electron chi connectivity index (χ4n) is 3.09. The van der Waals surface area contributed by atoms with Crippen molar-refractivity contribution in [1.82, 2.24) is 29.4 Å². The fraction of sp³-hybridized carbons (Fsp3) is 0.111. The lowest BCUT2D eigenvalue weighted by Crippen LogP contribution is -2.14. The summed E-state index contributed by atoms with van der Waals surface area (Å²) >= 11 is 0. The molecule has 26 heavy (non-hydrogen) atoms. The average Bonchev–Trinajstić information content (AvgIpc) is 3.33. The number of nitrogens with one attached hydrogen (secondary N) is 1. The van der Waals surface area contributed by atoms with Gasteiger partial charge in [0.1, 0.15) is 5.76 Å². The highest BCUT2D eigenvalue weighted by molar-refractivity contribution is 5.84. The average molecular weight is 346 g/mol. The van der Waals surface area contributed by atoms with Gasteiger partial charge in [-0.25, -0.2) is 14.5 Å². The molecule has 8 nitrogen and oxygen atoms in total. The number of aromatic nitrogens is 6. The lowest BCUT2D eigenvalue weighted by Gasteiger charge is -2.03. The van der Waals surface area contributed by atoms with Crippen molar-refractivity contribution in [3.63, 3.8) is 0 Å². The molecular weight excluding hydrogens is 332 g/mol. The number of oxazole rings is 1. The van der Waals surface area contributed by atoms with Crippen molar-refractivity contribution in [2.45, 2.75) is 6.92 Å². The van der Waals surface area contributed by atoms with Gasteiger partial charge in [0, 0.05) is 30.3 Å². The van der Waals surface area contributed by atoms with Crippen LogP contribution >= 0.6 is 0 Å². The standard InChI is InChI=1S/C18H14N6O2/c1-10-7-19-18(26-10)13-9-21-24-16(25)6-14(22-17(13)24)11-3-4-15-12(5-11)8-20-23(15)2/h3-9,21H,1-2H3. The van der Waals surface area contributed by atoms with Crippen molar-refractivity contribution < 1.29 is 4.42 Å². The van der Waals surface area contributed by atoms with Crippen molar-refractivity contribution in [3.8, 4) is 22.7 Å². The molecule has 0 atom stereocenters. The normalized spacial score (nSPS) is 11.6. The van der Waals surface area contributed by atoms with Crippen LogP contribution in [0.2, 0.25) is 0 Å². The number of aryl methyl sites for hydroxylation is 2. The Balaban J connectivity index is 1.73. The van der Waals surface area contributed by atoms with Crippen LogP contribution in [0.4, 0.5) is 0 Å². The minimum absolute atomic E-state index is 0.203. The van der Waals surface area contributed by atoms with Crippen LogP contribution in [0.25, 0.3) is 39.3 Å². The van der Waals surface area contributed by atoms with Crippen LogP contribution in [-0.2, 0) is 7.05 Å². The molecule has 0 bridgehead atoms. The fourth-order valence-corrected chi connectivity index (χ4v) is 3.09. The molecule has 0 aliphatic carbocycles. The number of benzene rings is 1. The molecule has 0 saturated heterocycles. The van der Waals surface area contributed by atoms with Gasteiger partial charge in [-0.15, -0.1) is 0 Å². The monoisotopic (exact) mass is 346 g/mol. The van der Waals surface area contributed by atoms with E-state index in [9.17, 15) is 4.79 Å². The molecule has 0 aliphatic heterocycles. The van der Waals surface area contributed by atoms with E-state index in [1.807, 2.05) is 32.2 Å². The summed E-state index contributed by atoms with van der Waals surface area (Å²) in [6, 6.07) is 7.38. The van der Waals surface area contributed by atoms with Crippen LogP contribution in [0.1, 0.15) is 5.76 Å². The van der Waals surface area contributed by atoms with Crippen LogP contribution in [0.15, 0.2) is 52.1 Å². The number of hydrogen-bond donors (Lipinski definition) is 1. The van der Waals surface area contributed by atoms with E-state index in [-0.39, 0.29) is 5.56 Å². The minimum atomic E-state index is -0.203. The third-order valence-electron chi connectivity index (χ3n) is 4.39. The van der Waals surface area contributed by atoms with Crippen LogP contribution < -0.4 is 5.56 Å². The predicted molar refractivity (Wildman–Crippen MR) is 95.8 cm³/mol. The van der Waals surface area contributed by atoms with Crippen molar-refractivity contribution in [2.75, 3.05) is 0 Å². The van der Waals surface area contributed by atoms with Gasteiger partial charge in [-0.2, -0.15) is 5.10 Å². The Kier molecular flexibility index (Phi) is 2.90. The number of fused-ring (bicyclic) bond motifs is 2. The molecule has 0 fully saturated rings. The Hall–Kier alpha value is -3.68. The van der Waals surface area contributed by atoms with Gasteiger partial charge in [-0.1, -0.05) is 6.07 Å². The summed E-state index contributed by atoms with van der Waals surface area (Å²) in [5.41, 5.74) is 3.36. The van der Waals surface area contributed by atoms with Crippen LogP contribution in [0, 0.1) is 6.92 Å². The second-order valence-corrected chi connectivity index (χ2v) is 6.14. The zero-order valence-corrected chi connectivity index (χ0v) is 14.1. The molecular formula is C18H14N6O2. The van der Waals surface area contributed by atoms with Crippen molar-refractivity contribution in [1.29, 1.82) is 0 Å². The van der Waals surface area contributed by atoms with Gasteiger partial charge in [0.25, 0.3) is 5.56 Å². The highest BCUT2D eigenvalue weighted by Crippen LogP contribution is 2.26. The quantitative estimate of drug-likeness (QED) is 0.530. The summed E-state index contributed by atoms with van der Waals surface area (Å²) in [6.45, 7) is 1.82. The Bertz CT molecular complexity index is 1340. The maximum atomic E-state index is 12.5. The van der Waals surface area contributed by atoms with Gasteiger partial charge in [0.05, 0.1) is 29.2 Å². The van der Waals surface area contributed by atoms with Gasteiger partial charge in [0.15, 0.2) is 5.65 Å². The van der Waals surface area contributed by atoms with E-state index in [4.69, 9.17) is 4.42 Å². The van der Waals surface area contributed by atoms with E-state index in [2.05, 4.69) is 20.2 Å². The molecule has 0 aliphatic rings. The molecule has 5 aromatic rings. The van der Waals surface area contributed by atoms with Gasteiger partial charge in [0.2, 0.25) is 5.89 Å². The van der Waals surface area contributed by atoms with Crippen molar-refractivity contribution in [2.24, 2.45) is 7.05 Å². The number of H-pyrrole nitrogens is 1. The van der Waals surface area contributed by atoms with Crippen molar-refractivity contribution >= 4 is 16.6 Å². The predicted octanol–water partition coefficient (Wildman–Crippen LogP) is 2.54. The lowest BCUT2D eigenvalue weighted by atomic mass is 10.1. The number of rotatable bonds is 2. The van der Waals surface area contributed by atoms with E-state index < -0.39 is 0 Å². The minimum Gasteiger partial charge on any atom is -0.441 e. The zero-order chi connectivity index (χ0) is 17.8. The number of nitrogens with zero attached hydrogens (tertiary/aromatic N) is 5. The van der Waals surface area contributed by atoms with E-state index in [1.54, 1.807) is 23.3 Å². The van der Waals surface area contributed by atoms with Crippen LogP contribution in [0.5, 0.6) is 0 Å². The highest BCUT2D eigenvalue weighted by Gasteiger charge is 2.15. The van der Waals surface area contributed by atoms with E-state index in [0.717, 1.165) is 16.5 Å². The molecule has 4 aromatic heterocycles. The molecule has 0 saturated carbocycles. The molecule has 0 unspecified atom stereocenters. The van der Waals surface area contributed by atoms with E-state index in [1.165, 1.54) is 10.6 Å². The summed E-state index contributed by atoms with van der Waals surface area (Å²) in [6.07, 6.45) is 5.10. The van der Waals surface area contributed by atoms with E-state index >= 15 is 0 Å². The Morgan fingerprint density at radius 2 is 2.08 bits per heavy atom. The molecule has 0 amide bonds. The first-order valence-electron chi connectivity index (χ1n) is 8.06. The maximum Gasteiger partial charge on any atom is 0.273 e. The number of hydrogen-bond acceptors (Lipinski definition) is 5. The summed E-state index contributed by atoms with van der Waals surface area (Å²) < 4.78 is 8.77. The topological polar surface area (TPSA) is 94.0 Å². The zero-order valence-electron chi connectivity index (χ0n) is 14.1. The largest absolute Gasteiger partial charge is 0.441 e. The van der Waals surface area contributed by atoms with Crippen molar-refractivity contribution in [3.05, 3.63) is 59.0 Å². The number of aromatic amines is 1. The summed E-state index contributed by atoms with van der Waals surface area (Å²) in [7, 11) is 1.89. The molecule has 4 heterocycles. The molecule has 5 rings (SSSR count).